The van der Waals surface area contributed by atoms with Gasteiger partial charge in [0.2, 0.25) is 0 Å². The monoisotopic (exact) mass is 424 g/mol. The predicted octanol–water partition coefficient (Wildman–Crippen LogP) is 4.67. The third-order valence-corrected chi connectivity index (χ3v) is 6.04. The molecular formula is C24H32N4OS. The zero-order chi connectivity index (χ0) is 22.4. The predicted molar refractivity (Wildman–Crippen MR) is 124 cm³/mol. The van der Waals surface area contributed by atoms with Gasteiger partial charge in [-0.2, -0.15) is 9.62 Å². The van der Waals surface area contributed by atoms with Gasteiger partial charge in [-0.15, -0.1) is 0 Å². The highest BCUT2D eigenvalue weighted by Gasteiger charge is 2.18. The van der Waals surface area contributed by atoms with Gasteiger partial charge >= 0.3 is 0 Å². The van der Waals surface area contributed by atoms with Gasteiger partial charge in [0, 0.05) is 22.3 Å². The standard InChI is InChI=1S/C24H32N4OS/c1-16(2)21-11-19(14-25)12-22(17(3)4)23(21)13-24(29)27-30(26)20-9-7-18(8-10-20)15-28(5)6/h7-12,16-17H,13,15H2,1-6H3,(H2,26,27,29). The van der Waals surface area contributed by atoms with Gasteiger partial charge in [0.15, 0.2) is 0 Å². The Labute approximate surface area is 183 Å². The Bertz CT molecular complexity index is 941. The molecule has 6 heteroatoms. The third-order valence-electron chi connectivity index (χ3n) is 4.88. The van der Waals surface area contributed by atoms with E-state index in [1.54, 1.807) is 0 Å². The number of amides is 1. The molecule has 1 amide bonds. The third kappa shape index (κ3) is 6.33. The summed E-state index contributed by atoms with van der Waals surface area (Å²) in [5, 5.41) is 15.6. The summed E-state index contributed by atoms with van der Waals surface area (Å²) >= 11 is 0. The van der Waals surface area contributed by atoms with Crippen LogP contribution in [0.2, 0.25) is 0 Å². The minimum Gasteiger partial charge on any atom is -0.305 e. The normalized spacial score (nSPS) is 12.6. The van der Waals surface area contributed by atoms with Crippen molar-refractivity contribution < 1.29 is 4.79 Å². The second-order valence-electron chi connectivity index (χ2n) is 8.41. The van der Waals surface area contributed by atoms with E-state index in [2.05, 4.69) is 43.0 Å². The Morgan fingerprint density at radius 2 is 1.63 bits per heavy atom. The molecule has 0 saturated heterocycles. The Morgan fingerprint density at radius 1 is 1.10 bits per heavy atom. The second kappa shape index (κ2) is 10.6. The van der Waals surface area contributed by atoms with Crippen LogP contribution < -0.4 is 5.14 Å². The maximum atomic E-state index is 12.8. The van der Waals surface area contributed by atoms with Crippen molar-refractivity contribution in [2.75, 3.05) is 14.1 Å². The van der Waals surface area contributed by atoms with Gasteiger partial charge in [0.05, 0.1) is 18.1 Å². The maximum absolute atomic E-state index is 12.8. The van der Waals surface area contributed by atoms with Crippen molar-refractivity contribution in [3.63, 3.8) is 0 Å². The van der Waals surface area contributed by atoms with Gasteiger partial charge in [-0.25, -0.2) is 0 Å². The summed E-state index contributed by atoms with van der Waals surface area (Å²) < 4.78 is 4.27. The molecule has 2 N–H and O–H groups in total. The Kier molecular flexibility index (Phi) is 8.48. The van der Waals surface area contributed by atoms with Crippen molar-refractivity contribution in [1.29, 1.82) is 5.26 Å². The topological polar surface area (TPSA) is 82.5 Å². The molecule has 0 fully saturated rings. The molecule has 0 aliphatic heterocycles. The fraction of sp³-hybridized carbons (Fsp3) is 0.417. The van der Waals surface area contributed by atoms with Crippen molar-refractivity contribution in [3.05, 3.63) is 64.2 Å². The molecule has 2 aromatic rings. The highest BCUT2D eigenvalue weighted by molar-refractivity contribution is 7.85. The first-order chi connectivity index (χ1) is 14.1. The van der Waals surface area contributed by atoms with E-state index in [0.29, 0.717) is 5.56 Å². The number of nitrogens with two attached hydrogens (primary N) is 1. The van der Waals surface area contributed by atoms with Gasteiger partial charge < -0.3 is 4.90 Å². The van der Waals surface area contributed by atoms with Crippen LogP contribution in [0.3, 0.4) is 0 Å². The van der Waals surface area contributed by atoms with Crippen LogP contribution >= 0.6 is 0 Å². The summed E-state index contributed by atoms with van der Waals surface area (Å²) in [6, 6.07) is 14.0. The van der Waals surface area contributed by atoms with Gasteiger partial charge in [-0.05, 0) is 72.5 Å². The molecular weight excluding hydrogens is 392 g/mol. The molecule has 0 aromatic heterocycles. The first-order valence-corrected chi connectivity index (χ1v) is 11.4. The molecule has 0 spiro atoms. The minimum absolute atomic E-state index is 0.201. The summed E-state index contributed by atoms with van der Waals surface area (Å²) in [5.74, 6) is 0.185. The second-order valence-corrected chi connectivity index (χ2v) is 9.70. The Balaban J connectivity index is 2.31. The number of rotatable bonds is 7. The van der Waals surface area contributed by atoms with E-state index in [1.165, 1.54) is 5.56 Å². The zero-order valence-electron chi connectivity index (χ0n) is 18.8. The Hall–Kier alpha value is -2.33. The Morgan fingerprint density at radius 3 is 2.07 bits per heavy atom. The molecule has 0 bridgehead atoms. The summed E-state index contributed by atoms with van der Waals surface area (Å²) in [6.07, 6.45) is 0.201. The number of nitrogens with zero attached hydrogens (tertiary/aromatic N) is 3. The van der Waals surface area contributed by atoms with Crippen LogP contribution in [0, 0.1) is 11.3 Å². The molecule has 0 saturated carbocycles. The van der Waals surface area contributed by atoms with Crippen LogP contribution in [0.5, 0.6) is 0 Å². The van der Waals surface area contributed by atoms with Crippen LogP contribution in [-0.4, -0.2) is 24.9 Å². The average Bonchev–Trinajstić information content (AvgIpc) is 2.67. The van der Waals surface area contributed by atoms with E-state index in [4.69, 9.17) is 5.14 Å². The number of nitriles is 1. The fourth-order valence-corrected chi connectivity index (χ4v) is 4.27. The van der Waals surface area contributed by atoms with Crippen molar-refractivity contribution >= 4 is 16.8 Å². The van der Waals surface area contributed by atoms with E-state index in [9.17, 15) is 10.1 Å². The summed E-state index contributed by atoms with van der Waals surface area (Å²) in [6.45, 7) is 9.16. The molecule has 1 atom stereocenters. The first-order valence-electron chi connectivity index (χ1n) is 10.2. The van der Waals surface area contributed by atoms with Gasteiger partial charge in [-0.1, -0.05) is 39.8 Å². The summed E-state index contributed by atoms with van der Waals surface area (Å²) in [5.41, 5.74) is 4.86. The largest absolute Gasteiger partial charge is 0.305 e. The van der Waals surface area contributed by atoms with Crippen LogP contribution in [0.25, 0.3) is 0 Å². The van der Waals surface area contributed by atoms with E-state index in [1.807, 2.05) is 50.5 Å². The van der Waals surface area contributed by atoms with Crippen molar-refractivity contribution in [3.8, 4) is 6.07 Å². The van der Waals surface area contributed by atoms with Crippen molar-refractivity contribution in [2.45, 2.75) is 57.4 Å². The lowest BCUT2D eigenvalue weighted by molar-refractivity contribution is -0.117. The molecule has 2 aromatic carbocycles. The van der Waals surface area contributed by atoms with E-state index < -0.39 is 10.9 Å². The quantitative estimate of drug-likeness (QED) is 0.700. The molecule has 0 aliphatic rings. The summed E-state index contributed by atoms with van der Waals surface area (Å²) in [7, 11) is 3.06. The van der Waals surface area contributed by atoms with E-state index in [0.717, 1.165) is 28.1 Å². The van der Waals surface area contributed by atoms with Crippen LogP contribution in [0.4, 0.5) is 0 Å². The fourth-order valence-electron chi connectivity index (χ4n) is 3.46. The van der Waals surface area contributed by atoms with E-state index in [-0.39, 0.29) is 24.2 Å². The molecule has 0 aliphatic carbocycles. The van der Waals surface area contributed by atoms with Crippen molar-refractivity contribution in [1.82, 2.24) is 4.90 Å². The number of carbonyl (C=O) groups is 1. The lowest BCUT2D eigenvalue weighted by atomic mass is 9.85. The highest BCUT2D eigenvalue weighted by atomic mass is 32.2. The van der Waals surface area contributed by atoms with Gasteiger partial charge in [0.25, 0.3) is 5.91 Å². The van der Waals surface area contributed by atoms with Crippen molar-refractivity contribution in [2.24, 2.45) is 9.50 Å². The first kappa shape index (κ1) is 23.9. The van der Waals surface area contributed by atoms with Gasteiger partial charge in [0.1, 0.15) is 0 Å². The smallest absolute Gasteiger partial charge is 0.257 e. The van der Waals surface area contributed by atoms with Crippen LogP contribution in [-0.2, 0) is 28.6 Å². The molecule has 5 nitrogen and oxygen atoms in total. The molecule has 160 valence electrons. The lowest BCUT2D eigenvalue weighted by Gasteiger charge is -2.19. The molecule has 0 radical (unpaired) electrons. The van der Waals surface area contributed by atoms with Gasteiger partial charge in [-0.3, -0.25) is 9.93 Å². The lowest BCUT2D eigenvalue weighted by Crippen LogP contribution is -2.13. The molecule has 0 heterocycles. The molecule has 30 heavy (non-hydrogen) atoms. The van der Waals surface area contributed by atoms with Crippen LogP contribution in [0.1, 0.15) is 67.3 Å². The average molecular weight is 425 g/mol. The number of carbonyl (C=O) groups excluding carboxylic acids is 1. The SMILES string of the molecule is CC(C)c1cc(C#N)cc(C(C)C)c1CC(=O)N=S(N)c1ccc(CN(C)C)cc1. The number of hydrogen-bond donors (Lipinski definition) is 1. The molecule has 1 unspecified atom stereocenters. The zero-order valence-corrected chi connectivity index (χ0v) is 19.6. The maximum Gasteiger partial charge on any atom is 0.257 e. The summed E-state index contributed by atoms with van der Waals surface area (Å²) in [4.78, 5) is 15.7. The minimum atomic E-state index is -0.989. The number of benzene rings is 2. The van der Waals surface area contributed by atoms with E-state index >= 15 is 0 Å². The molecule has 2 rings (SSSR count). The van der Waals surface area contributed by atoms with Crippen LogP contribution in [0.15, 0.2) is 45.7 Å². The number of hydrogen-bond acceptors (Lipinski definition) is 3. The highest BCUT2D eigenvalue weighted by Crippen LogP contribution is 2.30.